The SMILES string of the molecule is CSc1ccc(S(=O)(=O)N(C)c2ccc(C(=O)Nc3cccc(N(C)S(C)(=O)=O)c3)cc2)cc1. The lowest BCUT2D eigenvalue weighted by Gasteiger charge is -2.20. The number of nitrogens with zero attached hydrogens (tertiary/aromatic N) is 2. The molecule has 0 aromatic heterocycles. The summed E-state index contributed by atoms with van der Waals surface area (Å²) in [4.78, 5) is 13.8. The number of hydrogen-bond donors (Lipinski definition) is 1. The Morgan fingerprint density at radius 1 is 0.824 bits per heavy atom. The van der Waals surface area contributed by atoms with E-state index < -0.39 is 26.0 Å². The Kier molecular flexibility index (Phi) is 7.59. The molecule has 3 aromatic rings. The maximum Gasteiger partial charge on any atom is 0.264 e. The summed E-state index contributed by atoms with van der Waals surface area (Å²) in [6.45, 7) is 0. The van der Waals surface area contributed by atoms with Crippen LogP contribution in [0.2, 0.25) is 0 Å². The van der Waals surface area contributed by atoms with Gasteiger partial charge in [0.15, 0.2) is 0 Å². The molecule has 0 aliphatic rings. The number of hydrogen-bond acceptors (Lipinski definition) is 6. The van der Waals surface area contributed by atoms with Crippen molar-refractivity contribution in [1.29, 1.82) is 0 Å². The van der Waals surface area contributed by atoms with Gasteiger partial charge in [0, 0.05) is 30.2 Å². The zero-order valence-corrected chi connectivity index (χ0v) is 21.5. The fourth-order valence-corrected chi connectivity index (χ4v) is 5.14. The summed E-state index contributed by atoms with van der Waals surface area (Å²) in [5.41, 5.74) is 1.56. The fraction of sp³-hybridized carbons (Fsp3) is 0.174. The van der Waals surface area contributed by atoms with Crippen LogP contribution in [0.3, 0.4) is 0 Å². The second-order valence-corrected chi connectivity index (χ2v) is 12.3. The molecule has 0 heterocycles. The lowest BCUT2D eigenvalue weighted by Crippen LogP contribution is -2.26. The van der Waals surface area contributed by atoms with Crippen molar-refractivity contribution in [3.05, 3.63) is 78.4 Å². The summed E-state index contributed by atoms with van der Waals surface area (Å²) in [6, 6.07) is 19.3. The van der Waals surface area contributed by atoms with Crippen LogP contribution in [-0.4, -0.2) is 49.3 Å². The maximum atomic E-state index is 12.9. The molecule has 0 atom stereocenters. The van der Waals surface area contributed by atoms with E-state index in [0.29, 0.717) is 22.6 Å². The molecule has 0 bridgehead atoms. The van der Waals surface area contributed by atoms with Crippen molar-refractivity contribution in [2.24, 2.45) is 0 Å². The Labute approximate surface area is 204 Å². The maximum absolute atomic E-state index is 12.9. The third kappa shape index (κ3) is 5.72. The molecular formula is C23H25N3O5S3. The molecule has 0 aliphatic carbocycles. The minimum absolute atomic E-state index is 0.175. The first-order chi connectivity index (χ1) is 15.9. The first kappa shape index (κ1) is 25.6. The Bertz CT molecular complexity index is 1390. The van der Waals surface area contributed by atoms with Crippen molar-refractivity contribution >= 4 is 54.8 Å². The van der Waals surface area contributed by atoms with Crippen LogP contribution in [0.25, 0.3) is 0 Å². The highest BCUT2D eigenvalue weighted by molar-refractivity contribution is 7.98. The number of sulfonamides is 2. The standard InChI is InChI=1S/C23H25N3O5S3/c1-25(33(4,28)29)20-7-5-6-18(16-20)24-23(27)17-8-10-19(11-9-17)26(2)34(30,31)22-14-12-21(32-3)13-15-22/h5-16H,1-4H3,(H,24,27). The van der Waals surface area contributed by atoms with E-state index >= 15 is 0 Å². The highest BCUT2D eigenvalue weighted by Crippen LogP contribution is 2.25. The molecule has 0 unspecified atom stereocenters. The molecule has 11 heteroatoms. The van der Waals surface area contributed by atoms with Crippen LogP contribution >= 0.6 is 11.8 Å². The summed E-state index contributed by atoms with van der Waals surface area (Å²) in [5.74, 6) is -0.413. The van der Waals surface area contributed by atoms with E-state index in [1.165, 1.54) is 38.0 Å². The minimum atomic E-state index is -3.75. The van der Waals surface area contributed by atoms with Crippen LogP contribution in [-0.2, 0) is 20.0 Å². The van der Waals surface area contributed by atoms with Crippen molar-refractivity contribution in [3.63, 3.8) is 0 Å². The van der Waals surface area contributed by atoms with Crippen LogP contribution in [0.5, 0.6) is 0 Å². The Morgan fingerprint density at radius 3 is 2.00 bits per heavy atom. The average molecular weight is 520 g/mol. The van der Waals surface area contributed by atoms with Crippen LogP contribution in [0.1, 0.15) is 10.4 Å². The van der Waals surface area contributed by atoms with Crippen molar-refractivity contribution in [2.75, 3.05) is 40.5 Å². The van der Waals surface area contributed by atoms with Gasteiger partial charge in [-0.15, -0.1) is 11.8 Å². The van der Waals surface area contributed by atoms with Gasteiger partial charge in [-0.1, -0.05) is 6.07 Å². The topological polar surface area (TPSA) is 104 Å². The molecule has 1 amide bonds. The van der Waals surface area contributed by atoms with Gasteiger partial charge in [0.05, 0.1) is 22.5 Å². The molecule has 0 spiro atoms. The second-order valence-electron chi connectivity index (χ2n) is 7.43. The molecule has 3 rings (SSSR count). The molecule has 0 fully saturated rings. The van der Waals surface area contributed by atoms with Gasteiger partial charge in [0.2, 0.25) is 10.0 Å². The van der Waals surface area contributed by atoms with E-state index in [9.17, 15) is 21.6 Å². The minimum Gasteiger partial charge on any atom is -0.322 e. The summed E-state index contributed by atoms with van der Waals surface area (Å²) < 4.78 is 51.7. The van der Waals surface area contributed by atoms with Crippen molar-refractivity contribution in [1.82, 2.24) is 0 Å². The van der Waals surface area contributed by atoms with E-state index in [-0.39, 0.29) is 4.90 Å². The molecule has 0 saturated carbocycles. The number of thioether (sulfide) groups is 1. The number of rotatable bonds is 8. The Hall–Kier alpha value is -3.02. The molecule has 3 aromatic carbocycles. The van der Waals surface area contributed by atoms with Gasteiger partial charge in [-0.2, -0.15) is 0 Å². The van der Waals surface area contributed by atoms with Gasteiger partial charge >= 0.3 is 0 Å². The molecule has 0 radical (unpaired) electrons. The average Bonchev–Trinajstić information content (AvgIpc) is 2.82. The van der Waals surface area contributed by atoms with Gasteiger partial charge < -0.3 is 5.32 Å². The van der Waals surface area contributed by atoms with E-state index in [1.807, 2.05) is 6.26 Å². The smallest absolute Gasteiger partial charge is 0.264 e. The summed E-state index contributed by atoms with van der Waals surface area (Å²) in [5, 5.41) is 2.73. The fourth-order valence-electron chi connectivity index (χ4n) is 3.04. The number of carbonyl (C=O) groups excluding carboxylic acids is 1. The van der Waals surface area contributed by atoms with Gasteiger partial charge in [0.1, 0.15) is 0 Å². The highest BCUT2D eigenvalue weighted by atomic mass is 32.2. The van der Waals surface area contributed by atoms with Crippen LogP contribution in [0, 0.1) is 0 Å². The van der Waals surface area contributed by atoms with Gasteiger partial charge in [0.25, 0.3) is 15.9 Å². The van der Waals surface area contributed by atoms with Crippen molar-refractivity contribution < 1.29 is 21.6 Å². The summed E-state index contributed by atoms with van der Waals surface area (Å²) >= 11 is 1.53. The van der Waals surface area contributed by atoms with Crippen molar-refractivity contribution in [2.45, 2.75) is 9.79 Å². The first-order valence-corrected chi connectivity index (χ1v) is 14.5. The number of benzene rings is 3. The summed E-state index contributed by atoms with van der Waals surface area (Å²) in [7, 11) is -4.31. The van der Waals surface area contributed by atoms with E-state index in [4.69, 9.17) is 0 Å². The molecule has 34 heavy (non-hydrogen) atoms. The van der Waals surface area contributed by atoms with Crippen LogP contribution < -0.4 is 13.9 Å². The Morgan fingerprint density at radius 2 is 1.44 bits per heavy atom. The van der Waals surface area contributed by atoms with Gasteiger partial charge in [-0.3, -0.25) is 13.4 Å². The molecule has 1 N–H and O–H groups in total. The molecule has 8 nitrogen and oxygen atoms in total. The lowest BCUT2D eigenvalue weighted by molar-refractivity contribution is 0.102. The van der Waals surface area contributed by atoms with E-state index in [1.54, 1.807) is 60.7 Å². The quantitative estimate of drug-likeness (QED) is 0.453. The zero-order chi connectivity index (χ0) is 25.1. The monoisotopic (exact) mass is 519 g/mol. The number of amides is 1. The molecule has 180 valence electrons. The molecular weight excluding hydrogens is 494 g/mol. The largest absolute Gasteiger partial charge is 0.322 e. The van der Waals surface area contributed by atoms with Gasteiger partial charge in [-0.05, 0) is 73.0 Å². The molecule has 0 aliphatic heterocycles. The number of carbonyl (C=O) groups is 1. The summed E-state index contributed by atoms with van der Waals surface area (Å²) in [6.07, 6.45) is 3.01. The third-order valence-corrected chi connectivity index (χ3v) is 8.93. The van der Waals surface area contributed by atoms with Crippen molar-refractivity contribution in [3.8, 4) is 0 Å². The highest BCUT2D eigenvalue weighted by Gasteiger charge is 2.21. The van der Waals surface area contributed by atoms with E-state index in [2.05, 4.69) is 5.32 Å². The predicted molar refractivity (Wildman–Crippen MR) is 138 cm³/mol. The van der Waals surface area contributed by atoms with E-state index in [0.717, 1.165) is 19.8 Å². The van der Waals surface area contributed by atoms with Crippen LogP contribution in [0.15, 0.2) is 82.6 Å². The predicted octanol–water partition coefficient (Wildman–Crippen LogP) is 3.88. The normalized spacial score (nSPS) is 11.6. The van der Waals surface area contributed by atoms with Crippen LogP contribution in [0.4, 0.5) is 17.1 Å². The lowest BCUT2D eigenvalue weighted by atomic mass is 10.2. The Balaban J connectivity index is 1.75. The number of nitrogens with one attached hydrogen (secondary N) is 1. The number of anilines is 3. The first-order valence-electron chi connectivity index (χ1n) is 10.0. The zero-order valence-electron chi connectivity index (χ0n) is 19.1. The van der Waals surface area contributed by atoms with Gasteiger partial charge in [-0.25, -0.2) is 16.8 Å². The second kappa shape index (κ2) is 10.1. The third-order valence-electron chi connectivity index (χ3n) is 5.18. The molecule has 0 saturated heterocycles.